The summed E-state index contributed by atoms with van der Waals surface area (Å²) in [5, 5.41) is 0. The summed E-state index contributed by atoms with van der Waals surface area (Å²) in [6.07, 6.45) is 1.76. The summed E-state index contributed by atoms with van der Waals surface area (Å²) in [6.45, 7) is 3.31. The Bertz CT molecular complexity index is 351. The molecule has 0 radical (unpaired) electrons. The number of hydrogen-bond donors (Lipinski definition) is 1. The first-order valence-corrected chi connectivity index (χ1v) is 5.28. The molecule has 15 heavy (non-hydrogen) atoms. The lowest BCUT2D eigenvalue weighted by Crippen LogP contribution is -2.42. The van der Waals surface area contributed by atoms with E-state index in [2.05, 4.69) is 0 Å². The summed E-state index contributed by atoms with van der Waals surface area (Å²) < 4.78 is 5.30. The molecule has 0 bridgehead atoms. The van der Waals surface area contributed by atoms with Crippen LogP contribution in [0.4, 0.5) is 0 Å². The quantitative estimate of drug-likeness (QED) is 0.753. The van der Waals surface area contributed by atoms with Gasteiger partial charge in [0.2, 0.25) is 0 Å². The zero-order valence-corrected chi connectivity index (χ0v) is 8.90. The van der Waals surface area contributed by atoms with Crippen LogP contribution in [-0.2, 0) is 0 Å². The summed E-state index contributed by atoms with van der Waals surface area (Å²) in [5.74, 6) is 1.19. The number of amides is 1. The van der Waals surface area contributed by atoms with Gasteiger partial charge in [0.1, 0.15) is 5.76 Å². The minimum Gasteiger partial charge on any atom is -0.456 e. The van der Waals surface area contributed by atoms with Crippen molar-refractivity contribution in [1.82, 2.24) is 4.90 Å². The second-order valence-electron chi connectivity index (χ2n) is 4.04. The molecule has 0 unspecified atom stereocenters. The van der Waals surface area contributed by atoms with E-state index in [1.54, 1.807) is 6.07 Å². The van der Waals surface area contributed by atoms with Crippen molar-refractivity contribution in [2.45, 2.75) is 25.8 Å². The number of aryl methyl sites for hydroxylation is 1. The lowest BCUT2D eigenvalue weighted by molar-refractivity contribution is 0.0681. The maximum atomic E-state index is 11.9. The number of nitrogens with two attached hydrogens (primary N) is 1. The van der Waals surface area contributed by atoms with E-state index in [1.807, 2.05) is 17.9 Å². The predicted molar refractivity (Wildman–Crippen MR) is 56.6 cm³/mol. The highest BCUT2D eigenvalue weighted by atomic mass is 16.3. The van der Waals surface area contributed by atoms with Gasteiger partial charge in [-0.05, 0) is 31.9 Å². The molecule has 1 aromatic rings. The lowest BCUT2D eigenvalue weighted by Gasteiger charge is -2.29. The first-order valence-electron chi connectivity index (χ1n) is 5.28. The van der Waals surface area contributed by atoms with Crippen molar-refractivity contribution in [2.75, 3.05) is 13.1 Å². The minimum atomic E-state index is -0.0185. The Balaban J connectivity index is 2.02. The monoisotopic (exact) mass is 208 g/mol. The number of carbonyl (C=O) groups excluding carboxylic acids is 1. The third kappa shape index (κ3) is 2.21. The molecule has 0 aliphatic carbocycles. The summed E-state index contributed by atoms with van der Waals surface area (Å²) in [6, 6.07) is 3.78. The van der Waals surface area contributed by atoms with Crippen LogP contribution in [0.5, 0.6) is 0 Å². The van der Waals surface area contributed by atoms with E-state index >= 15 is 0 Å². The van der Waals surface area contributed by atoms with Crippen molar-refractivity contribution in [2.24, 2.45) is 5.73 Å². The van der Waals surface area contributed by atoms with Gasteiger partial charge in [-0.15, -0.1) is 0 Å². The van der Waals surface area contributed by atoms with Crippen LogP contribution in [0.2, 0.25) is 0 Å². The van der Waals surface area contributed by atoms with E-state index in [0.717, 1.165) is 31.7 Å². The van der Waals surface area contributed by atoms with E-state index in [1.165, 1.54) is 0 Å². The summed E-state index contributed by atoms with van der Waals surface area (Å²) in [7, 11) is 0. The molecule has 0 saturated carbocycles. The zero-order chi connectivity index (χ0) is 10.8. The molecule has 1 amide bonds. The first-order chi connectivity index (χ1) is 7.16. The van der Waals surface area contributed by atoms with Crippen LogP contribution in [0.3, 0.4) is 0 Å². The van der Waals surface area contributed by atoms with Gasteiger partial charge < -0.3 is 15.1 Å². The van der Waals surface area contributed by atoms with Crippen molar-refractivity contribution in [3.05, 3.63) is 23.7 Å². The SMILES string of the molecule is Cc1ccc(C(=O)N2CCC(N)CC2)o1. The zero-order valence-electron chi connectivity index (χ0n) is 8.90. The fraction of sp³-hybridized carbons (Fsp3) is 0.545. The van der Waals surface area contributed by atoms with Crippen molar-refractivity contribution >= 4 is 5.91 Å². The Morgan fingerprint density at radius 2 is 2.13 bits per heavy atom. The molecule has 1 fully saturated rings. The second kappa shape index (κ2) is 4.06. The van der Waals surface area contributed by atoms with Crippen LogP contribution in [0.1, 0.15) is 29.2 Å². The van der Waals surface area contributed by atoms with Gasteiger partial charge in [0.15, 0.2) is 5.76 Å². The van der Waals surface area contributed by atoms with Gasteiger partial charge in [-0.25, -0.2) is 0 Å². The smallest absolute Gasteiger partial charge is 0.289 e. The van der Waals surface area contributed by atoms with Crippen molar-refractivity contribution in [3.63, 3.8) is 0 Å². The highest BCUT2D eigenvalue weighted by Gasteiger charge is 2.23. The van der Waals surface area contributed by atoms with Crippen molar-refractivity contribution in [1.29, 1.82) is 0 Å². The standard InChI is InChI=1S/C11H16N2O2/c1-8-2-3-10(15-8)11(14)13-6-4-9(12)5-7-13/h2-3,9H,4-7,12H2,1H3. The molecular weight excluding hydrogens is 192 g/mol. The van der Waals surface area contributed by atoms with Gasteiger partial charge in [0.25, 0.3) is 5.91 Å². The van der Waals surface area contributed by atoms with E-state index in [4.69, 9.17) is 10.2 Å². The Morgan fingerprint density at radius 1 is 1.47 bits per heavy atom. The largest absolute Gasteiger partial charge is 0.456 e. The normalized spacial score (nSPS) is 18.1. The Hall–Kier alpha value is -1.29. The molecule has 4 nitrogen and oxygen atoms in total. The van der Waals surface area contributed by atoms with Gasteiger partial charge in [-0.3, -0.25) is 4.79 Å². The summed E-state index contributed by atoms with van der Waals surface area (Å²) in [4.78, 5) is 13.7. The molecule has 2 rings (SSSR count). The molecule has 4 heteroatoms. The number of carbonyl (C=O) groups is 1. The molecule has 82 valence electrons. The minimum absolute atomic E-state index is 0.0185. The van der Waals surface area contributed by atoms with Crippen LogP contribution < -0.4 is 5.73 Å². The Labute approximate surface area is 89.0 Å². The summed E-state index contributed by atoms with van der Waals surface area (Å²) in [5.41, 5.74) is 5.78. The molecule has 0 spiro atoms. The molecule has 0 aromatic carbocycles. The van der Waals surface area contributed by atoms with Crippen LogP contribution in [0.25, 0.3) is 0 Å². The number of nitrogens with zero attached hydrogens (tertiary/aromatic N) is 1. The van der Waals surface area contributed by atoms with Crippen LogP contribution >= 0.6 is 0 Å². The third-order valence-electron chi connectivity index (χ3n) is 2.78. The summed E-state index contributed by atoms with van der Waals surface area (Å²) >= 11 is 0. The lowest BCUT2D eigenvalue weighted by atomic mass is 10.1. The Morgan fingerprint density at radius 3 is 2.67 bits per heavy atom. The van der Waals surface area contributed by atoms with Crippen molar-refractivity contribution < 1.29 is 9.21 Å². The average molecular weight is 208 g/mol. The van der Waals surface area contributed by atoms with E-state index < -0.39 is 0 Å². The van der Waals surface area contributed by atoms with Gasteiger partial charge in [0, 0.05) is 19.1 Å². The third-order valence-corrected chi connectivity index (χ3v) is 2.78. The van der Waals surface area contributed by atoms with Crippen LogP contribution in [0, 0.1) is 6.92 Å². The number of rotatable bonds is 1. The molecular formula is C11H16N2O2. The molecule has 2 heterocycles. The van der Waals surface area contributed by atoms with E-state index in [9.17, 15) is 4.79 Å². The molecule has 1 aliphatic rings. The molecule has 1 saturated heterocycles. The highest BCUT2D eigenvalue weighted by Crippen LogP contribution is 2.14. The second-order valence-corrected chi connectivity index (χ2v) is 4.04. The number of piperidine rings is 1. The van der Waals surface area contributed by atoms with Gasteiger partial charge in [0.05, 0.1) is 0 Å². The van der Waals surface area contributed by atoms with Gasteiger partial charge in [-0.2, -0.15) is 0 Å². The molecule has 1 aromatic heterocycles. The number of hydrogen-bond acceptors (Lipinski definition) is 3. The molecule has 0 atom stereocenters. The Kier molecular flexibility index (Phi) is 2.77. The van der Waals surface area contributed by atoms with E-state index in [0.29, 0.717) is 5.76 Å². The molecule has 2 N–H and O–H groups in total. The number of furan rings is 1. The van der Waals surface area contributed by atoms with Crippen LogP contribution in [0.15, 0.2) is 16.5 Å². The van der Waals surface area contributed by atoms with Gasteiger partial charge >= 0.3 is 0 Å². The van der Waals surface area contributed by atoms with Crippen LogP contribution in [-0.4, -0.2) is 29.9 Å². The van der Waals surface area contributed by atoms with Crippen molar-refractivity contribution in [3.8, 4) is 0 Å². The molecule has 1 aliphatic heterocycles. The first kappa shape index (κ1) is 10.2. The topological polar surface area (TPSA) is 59.5 Å². The fourth-order valence-corrected chi connectivity index (χ4v) is 1.81. The maximum Gasteiger partial charge on any atom is 0.289 e. The van der Waals surface area contributed by atoms with Gasteiger partial charge in [-0.1, -0.05) is 0 Å². The average Bonchev–Trinajstić information content (AvgIpc) is 2.65. The maximum absolute atomic E-state index is 11.9. The van der Waals surface area contributed by atoms with E-state index in [-0.39, 0.29) is 11.9 Å². The predicted octanol–water partition coefficient (Wildman–Crippen LogP) is 1.15. The fourth-order valence-electron chi connectivity index (χ4n) is 1.81. The number of likely N-dealkylation sites (tertiary alicyclic amines) is 1. The highest BCUT2D eigenvalue weighted by molar-refractivity contribution is 5.91.